The van der Waals surface area contributed by atoms with E-state index in [9.17, 15) is 51.4 Å². The van der Waals surface area contributed by atoms with Gasteiger partial charge in [-0.25, -0.2) is 18.8 Å². The molecule has 0 aliphatic rings. The monoisotopic (exact) mass is 1340 g/mol. The third-order valence-corrected chi connectivity index (χ3v) is 16.8. The van der Waals surface area contributed by atoms with Crippen molar-refractivity contribution in [3.05, 3.63) is 256 Å². The highest BCUT2D eigenvalue weighted by Crippen LogP contribution is 2.45. The minimum Gasteiger partial charge on any atom is -0.481 e. The van der Waals surface area contributed by atoms with Gasteiger partial charge in [0.25, 0.3) is 0 Å². The molecule has 0 aliphatic heterocycles. The van der Waals surface area contributed by atoms with E-state index in [4.69, 9.17) is 41.6 Å². The van der Waals surface area contributed by atoms with E-state index in [0.717, 1.165) is 67.6 Å². The van der Waals surface area contributed by atoms with Gasteiger partial charge in [0.2, 0.25) is 17.7 Å². The number of carboxylic acids is 3. The van der Waals surface area contributed by atoms with Gasteiger partial charge in [0.15, 0.2) is 19.8 Å². The Hall–Kier alpha value is -12.5. The van der Waals surface area contributed by atoms with E-state index in [-0.39, 0.29) is 23.2 Å². The van der Waals surface area contributed by atoms with Crippen LogP contribution >= 0.6 is 0 Å². The number of nitrogens with two attached hydrogens (primary N) is 3. The number of benzene rings is 10. The molecule has 3 amide bonds. The summed E-state index contributed by atoms with van der Waals surface area (Å²) in [6.07, 6.45) is -4.48. The molecule has 9 N–H and O–H groups in total. The number of hydrogen-bond donors (Lipinski definition) is 6. The molecule has 22 heteroatoms. The van der Waals surface area contributed by atoms with Crippen LogP contribution in [-0.2, 0) is 33.6 Å². The van der Waals surface area contributed by atoms with Gasteiger partial charge in [0, 0.05) is 45.9 Å². The van der Waals surface area contributed by atoms with Crippen LogP contribution in [0.1, 0.15) is 83.0 Å². The Morgan fingerprint density at radius 3 is 1.34 bits per heavy atom. The molecule has 99 heavy (non-hydrogen) atoms. The SMILES string of the molecule is Cc1cc(OCC(=O)O)c2c3c(C(N)=O)cccc3n(Cc3cccc(F)c3)c2c1.Cc1cccc(C(C)n2c3cc(C)cc(OCC(=O)O)c3c3c(C(N)=O)cccc32)c1.NC(=O)c1cccc2c1c1c(OCC(=O)O)cc(-c3ccc(C(F)(F)F)cc3)cc1n2Cc1ccccc1. The first-order valence-corrected chi connectivity index (χ1v) is 30.9. The van der Waals surface area contributed by atoms with Gasteiger partial charge in [-0.1, -0.05) is 103 Å². The van der Waals surface area contributed by atoms with Crippen LogP contribution in [0.5, 0.6) is 17.2 Å². The number of amides is 3. The van der Waals surface area contributed by atoms with Gasteiger partial charge < -0.3 is 60.4 Å². The van der Waals surface area contributed by atoms with Crippen LogP contribution in [-0.4, -0.2) is 84.5 Å². The smallest absolute Gasteiger partial charge is 0.416 e. The van der Waals surface area contributed by atoms with Crippen LogP contribution in [0.4, 0.5) is 17.6 Å². The van der Waals surface area contributed by atoms with E-state index in [2.05, 4.69) is 36.6 Å². The Bertz CT molecular complexity index is 5370. The molecule has 0 fully saturated rings. The lowest BCUT2D eigenvalue weighted by molar-refractivity contribution is -0.140. The molecule has 0 aliphatic carbocycles. The molecule has 0 saturated carbocycles. The van der Waals surface area contributed by atoms with E-state index in [1.807, 2.05) is 102 Å². The molecular weight excluding hydrogens is 1280 g/mol. The molecule has 1 atom stereocenters. The molecule has 3 aromatic heterocycles. The van der Waals surface area contributed by atoms with Crippen LogP contribution in [0.3, 0.4) is 0 Å². The minimum absolute atomic E-state index is 0.0443. The summed E-state index contributed by atoms with van der Waals surface area (Å²) >= 11 is 0. The van der Waals surface area contributed by atoms with Crippen molar-refractivity contribution >= 4 is 101 Å². The lowest BCUT2D eigenvalue weighted by Gasteiger charge is -2.18. The Morgan fingerprint density at radius 1 is 0.424 bits per heavy atom. The minimum atomic E-state index is -4.48. The van der Waals surface area contributed by atoms with E-state index >= 15 is 0 Å². The number of rotatable bonds is 19. The predicted octanol–water partition coefficient (Wildman–Crippen LogP) is 14.5. The van der Waals surface area contributed by atoms with Gasteiger partial charge in [-0.15, -0.1) is 0 Å². The lowest BCUT2D eigenvalue weighted by Crippen LogP contribution is -2.12. The third-order valence-electron chi connectivity index (χ3n) is 16.8. The summed E-state index contributed by atoms with van der Waals surface area (Å²) in [6, 6.07) is 55.4. The van der Waals surface area contributed by atoms with Crippen molar-refractivity contribution in [2.45, 2.75) is 53.0 Å². The number of hydrogen-bond acceptors (Lipinski definition) is 9. The largest absolute Gasteiger partial charge is 0.481 e. The summed E-state index contributed by atoms with van der Waals surface area (Å²) in [4.78, 5) is 70.4. The van der Waals surface area contributed by atoms with E-state index in [0.29, 0.717) is 90.2 Å². The maximum Gasteiger partial charge on any atom is 0.416 e. The topological polar surface area (TPSA) is 284 Å². The fraction of sp³-hybridized carbons (Fsp3) is 0.143. The van der Waals surface area contributed by atoms with E-state index in [1.165, 1.54) is 24.3 Å². The first-order valence-electron chi connectivity index (χ1n) is 30.9. The Kier molecular flexibility index (Phi) is 19.3. The number of carboxylic acid groups (broad SMARTS) is 3. The summed E-state index contributed by atoms with van der Waals surface area (Å²) in [7, 11) is 0. The predicted molar refractivity (Wildman–Crippen MR) is 369 cm³/mol. The highest BCUT2D eigenvalue weighted by molar-refractivity contribution is 6.22. The van der Waals surface area contributed by atoms with Crippen LogP contribution in [0.15, 0.2) is 194 Å². The van der Waals surface area contributed by atoms with Crippen LogP contribution in [0.25, 0.3) is 76.5 Å². The molecule has 3 heterocycles. The fourth-order valence-corrected chi connectivity index (χ4v) is 12.7. The number of aromatic nitrogens is 3. The molecule has 502 valence electrons. The summed E-state index contributed by atoms with van der Waals surface area (Å²) in [6.45, 7) is 7.05. The second-order valence-electron chi connectivity index (χ2n) is 23.7. The highest BCUT2D eigenvalue weighted by atomic mass is 19.4. The number of carbonyl (C=O) groups is 6. The molecule has 0 saturated heterocycles. The molecule has 0 spiro atoms. The second kappa shape index (κ2) is 28.1. The molecule has 10 aromatic carbocycles. The summed E-state index contributed by atoms with van der Waals surface area (Å²) in [5.74, 6) is -4.59. The van der Waals surface area contributed by atoms with Crippen molar-refractivity contribution in [3.63, 3.8) is 0 Å². The van der Waals surface area contributed by atoms with Crippen LogP contribution in [0.2, 0.25) is 0 Å². The van der Waals surface area contributed by atoms with Crippen molar-refractivity contribution in [1.82, 2.24) is 13.7 Å². The van der Waals surface area contributed by atoms with Gasteiger partial charge in [-0.2, -0.15) is 13.2 Å². The Balaban J connectivity index is 0.000000151. The first-order chi connectivity index (χ1) is 47.3. The number of carbonyl (C=O) groups excluding carboxylic acids is 3. The number of alkyl halides is 3. The molecule has 18 nitrogen and oxygen atoms in total. The summed E-state index contributed by atoms with van der Waals surface area (Å²) in [5, 5.41) is 31.0. The fourth-order valence-electron chi connectivity index (χ4n) is 12.7. The maximum atomic E-state index is 13.8. The van der Waals surface area contributed by atoms with E-state index in [1.54, 1.807) is 60.7 Å². The second-order valence-corrected chi connectivity index (χ2v) is 23.7. The molecule has 1 unspecified atom stereocenters. The number of ether oxygens (including phenoxy) is 3. The number of nitrogens with zero attached hydrogens (tertiary/aromatic N) is 3. The van der Waals surface area contributed by atoms with Crippen molar-refractivity contribution in [3.8, 4) is 28.4 Å². The van der Waals surface area contributed by atoms with Gasteiger partial charge in [0.05, 0.1) is 60.9 Å². The van der Waals surface area contributed by atoms with Gasteiger partial charge >= 0.3 is 24.1 Å². The zero-order valence-electron chi connectivity index (χ0n) is 53.7. The number of aliphatic carboxylic acids is 3. The van der Waals surface area contributed by atoms with Crippen molar-refractivity contribution in [2.75, 3.05) is 19.8 Å². The van der Waals surface area contributed by atoms with Gasteiger partial charge in [-0.05, 0) is 164 Å². The van der Waals surface area contributed by atoms with Crippen LogP contribution < -0.4 is 31.4 Å². The highest BCUT2D eigenvalue weighted by Gasteiger charge is 2.31. The quantitative estimate of drug-likeness (QED) is 0.0412. The van der Waals surface area contributed by atoms with Crippen molar-refractivity contribution < 1.29 is 75.9 Å². The number of primary amides is 3. The maximum absolute atomic E-state index is 13.8. The first kappa shape index (κ1) is 67.9. The molecular formula is C77H64F4N6O12. The molecule has 13 aromatic rings. The third kappa shape index (κ3) is 14.3. The molecule has 0 bridgehead atoms. The lowest BCUT2D eigenvalue weighted by atomic mass is 9.99. The zero-order chi connectivity index (χ0) is 70.7. The number of fused-ring (bicyclic) bond motifs is 9. The molecule has 13 rings (SSSR count). The summed E-state index contributed by atoms with van der Waals surface area (Å²) < 4.78 is 76.1. The number of halogens is 4. The average molecular weight is 1340 g/mol. The van der Waals surface area contributed by atoms with Crippen LogP contribution in [0, 0.1) is 26.6 Å². The van der Waals surface area contributed by atoms with Gasteiger partial charge in [-0.3, -0.25) is 14.4 Å². The van der Waals surface area contributed by atoms with E-state index < -0.39 is 67.2 Å². The summed E-state index contributed by atoms with van der Waals surface area (Å²) in [5.41, 5.74) is 28.4. The standard InChI is InChI=1S/C29H21F3N2O4.C25H24N2O4.C23H19FN2O4/c30-29(31,32)20-11-9-18(10-12-20)19-13-23-27(24(14-19)38-16-25(35)36)26-21(28(33)37)7-4-8-22(26)34(23)15-17-5-2-1-3-6-17;1-14-6-4-7-17(10-14)16(3)27-19-9-5-8-18(25(26)30)23(19)24-20(27)11-15(2)12-21(24)31-13-22(28)29;1-13-8-18-22(19(9-13)30-12-20(27)28)21-16(23(25)29)6-3-7-17(21)26(18)11-14-4-2-5-15(24)10-14/h1-14H,15-16H2,(H2,33,37)(H,35,36);4-12,16H,13H2,1-3H3,(H2,26,30)(H,28,29);2-10H,11-12H2,1H3,(H2,25,29)(H,27,28). The Labute approximate surface area is 562 Å². The number of aryl methyl sites for hydroxylation is 3. The van der Waals surface area contributed by atoms with Gasteiger partial charge in [0.1, 0.15) is 23.1 Å². The average Bonchev–Trinajstić information content (AvgIpc) is 1.60. The van der Waals surface area contributed by atoms with Crippen molar-refractivity contribution in [1.29, 1.82) is 0 Å². The Morgan fingerprint density at radius 2 is 0.859 bits per heavy atom. The normalized spacial score (nSPS) is 11.7. The molecule has 0 radical (unpaired) electrons. The van der Waals surface area contributed by atoms with Crippen molar-refractivity contribution in [2.24, 2.45) is 17.2 Å². The zero-order valence-corrected chi connectivity index (χ0v) is 53.7.